The number of carbonyl (C=O) groups is 1. The van der Waals surface area contributed by atoms with Crippen molar-refractivity contribution in [2.24, 2.45) is 0 Å². The first-order valence-electron chi connectivity index (χ1n) is 12.4. The molecule has 276 valence electrons. The molecule has 0 radical (unpaired) electrons. The van der Waals surface area contributed by atoms with Crippen molar-refractivity contribution in [3.63, 3.8) is 0 Å². The fourth-order valence-corrected chi connectivity index (χ4v) is 3.43. The second-order valence-corrected chi connectivity index (χ2v) is 9.48. The molecule has 0 aromatic heterocycles. The summed E-state index contributed by atoms with van der Waals surface area (Å²) in [5.41, 5.74) is -1.23. The van der Waals surface area contributed by atoms with Gasteiger partial charge in [-0.3, -0.25) is 14.9 Å². The minimum atomic E-state index is -8.73. The van der Waals surface area contributed by atoms with E-state index in [0.717, 1.165) is 13.2 Å². The summed E-state index contributed by atoms with van der Waals surface area (Å²) in [4.78, 5) is 22.0. The highest BCUT2D eigenvalue weighted by atomic mass is 19.4. The number of benzene rings is 1. The predicted molar refractivity (Wildman–Crippen MR) is 124 cm³/mol. The fourth-order valence-electron chi connectivity index (χ4n) is 3.43. The molecule has 1 aromatic rings. The summed E-state index contributed by atoms with van der Waals surface area (Å²) in [5, 5.41) is 11.4. The van der Waals surface area contributed by atoms with Crippen molar-refractivity contribution < 1.29 is 98.6 Å². The summed E-state index contributed by atoms with van der Waals surface area (Å²) < 4.78 is 242. The maximum atomic E-state index is 14.1. The number of ether oxygens (including phenoxy) is 3. The van der Waals surface area contributed by atoms with Gasteiger partial charge in [0.2, 0.25) is 0 Å². The molecule has 0 heterocycles. The number of alkyl halides is 17. The zero-order valence-electron chi connectivity index (χ0n) is 23.5. The van der Waals surface area contributed by atoms with Crippen molar-refractivity contribution in [3.8, 4) is 11.5 Å². The number of nitro groups is 1. The summed E-state index contributed by atoms with van der Waals surface area (Å²) in [5.74, 6) is -59.2. The Hall–Kier alpha value is -3.76. The molecule has 0 atom stereocenters. The summed E-state index contributed by atoms with van der Waals surface area (Å²) in [6.07, 6.45) is -10.9. The van der Waals surface area contributed by atoms with Gasteiger partial charge in [0.05, 0.1) is 30.3 Å². The van der Waals surface area contributed by atoms with E-state index in [1.807, 2.05) is 0 Å². The van der Waals surface area contributed by atoms with Crippen LogP contribution in [0, 0.1) is 10.1 Å². The first kappa shape index (κ1) is 42.3. The fraction of sp³-hybridized carbons (Fsp3) is 0.625. The molecule has 0 spiro atoms. The topological polar surface area (TPSA) is 87.9 Å². The number of carbonyl (C=O) groups excluding carboxylic acids is 1. The number of nitrogens with zero attached hydrogens (tertiary/aromatic N) is 1. The zero-order chi connectivity index (χ0) is 37.9. The number of rotatable bonds is 18. The number of methoxy groups -OCH3 is 1. The third kappa shape index (κ3) is 7.44. The lowest BCUT2D eigenvalue weighted by atomic mass is 9.88. The molecule has 0 fully saturated rings. The van der Waals surface area contributed by atoms with Crippen LogP contribution in [0.25, 0.3) is 0 Å². The van der Waals surface area contributed by atoms with Gasteiger partial charge in [0.15, 0.2) is 11.5 Å². The Morgan fingerprint density at radius 2 is 1.27 bits per heavy atom. The molecule has 0 saturated carbocycles. The van der Waals surface area contributed by atoms with Gasteiger partial charge in [0.1, 0.15) is 6.61 Å². The summed E-state index contributed by atoms with van der Waals surface area (Å²) in [7, 11) is 0.898. The quantitative estimate of drug-likeness (QED) is 0.0374. The molecule has 0 aliphatic heterocycles. The molecule has 0 aliphatic rings. The monoisotopic (exact) mass is 741 g/mol. The Balaban J connectivity index is 3.25. The van der Waals surface area contributed by atoms with Crippen LogP contribution < -0.4 is 9.47 Å². The molecular formula is C24H20F17NO6. The van der Waals surface area contributed by atoms with Crippen LogP contribution in [-0.4, -0.2) is 72.2 Å². The SMILES string of the molecule is C=CCCC(=O)OCc1cc(OC)c(OCCCC(F)(F)C(F)(F)C(F)(F)C(F)(F)C(F)(F)C(F)(F)C(F)(F)C(F)(F)F)cc1[N+](=O)[O-]. The zero-order valence-corrected chi connectivity index (χ0v) is 23.5. The number of allylic oxidation sites excluding steroid dienone is 1. The van der Waals surface area contributed by atoms with Crippen LogP contribution in [0.3, 0.4) is 0 Å². The largest absolute Gasteiger partial charge is 0.493 e. The summed E-state index contributed by atoms with van der Waals surface area (Å²) in [6.45, 7) is 1.26. The van der Waals surface area contributed by atoms with Crippen LogP contribution in [-0.2, 0) is 16.1 Å². The molecular weight excluding hydrogens is 721 g/mol. The molecule has 0 bridgehead atoms. The minimum Gasteiger partial charge on any atom is -0.493 e. The number of hydrogen-bond donors (Lipinski definition) is 0. The average Bonchev–Trinajstić information content (AvgIpc) is 2.95. The van der Waals surface area contributed by atoms with E-state index >= 15 is 0 Å². The second kappa shape index (κ2) is 14.0. The molecule has 48 heavy (non-hydrogen) atoms. The van der Waals surface area contributed by atoms with Crippen molar-refractivity contribution in [2.75, 3.05) is 13.7 Å². The molecule has 0 aliphatic carbocycles. The van der Waals surface area contributed by atoms with Gasteiger partial charge >= 0.3 is 53.6 Å². The lowest BCUT2D eigenvalue weighted by Gasteiger charge is -2.42. The van der Waals surface area contributed by atoms with E-state index < -0.39 is 102 Å². The van der Waals surface area contributed by atoms with Crippen molar-refractivity contribution in [1.82, 2.24) is 0 Å². The smallest absolute Gasteiger partial charge is 0.460 e. The molecule has 0 unspecified atom stereocenters. The van der Waals surface area contributed by atoms with Gasteiger partial charge in [-0.2, -0.15) is 74.6 Å². The van der Waals surface area contributed by atoms with Crippen molar-refractivity contribution in [1.29, 1.82) is 0 Å². The third-order valence-electron chi connectivity index (χ3n) is 6.18. The predicted octanol–water partition coefficient (Wildman–Crippen LogP) is 8.78. The molecule has 0 N–H and O–H groups in total. The van der Waals surface area contributed by atoms with Gasteiger partial charge in [-0.15, -0.1) is 6.58 Å². The van der Waals surface area contributed by atoms with E-state index in [1.165, 1.54) is 6.08 Å². The van der Waals surface area contributed by atoms with Crippen LogP contribution >= 0.6 is 0 Å². The Labute approximate surface area is 256 Å². The molecule has 24 heteroatoms. The van der Waals surface area contributed by atoms with Crippen LogP contribution in [0.5, 0.6) is 11.5 Å². The lowest BCUT2D eigenvalue weighted by molar-refractivity contribution is -0.461. The number of halogens is 17. The standard InChI is InChI=1S/C24H20F17NO6/c1-3-4-6-16(43)48-11-12-9-14(46-2)15(10-13(12)42(44)45)47-8-5-7-17(25,26)18(27,28)19(29,30)20(31,32)21(33,34)22(35,36)23(37,38)24(39,40)41/h3,9-10H,1,4-8,11H2,2H3. The highest BCUT2D eigenvalue weighted by Crippen LogP contribution is 2.64. The van der Waals surface area contributed by atoms with Crippen LogP contribution in [0.4, 0.5) is 80.3 Å². The van der Waals surface area contributed by atoms with Crippen molar-refractivity contribution in [3.05, 3.63) is 40.5 Å². The van der Waals surface area contributed by atoms with Gasteiger partial charge in [0, 0.05) is 12.8 Å². The van der Waals surface area contributed by atoms with Gasteiger partial charge in [0.25, 0.3) is 5.69 Å². The van der Waals surface area contributed by atoms with Crippen molar-refractivity contribution >= 4 is 11.7 Å². The van der Waals surface area contributed by atoms with E-state index in [1.54, 1.807) is 0 Å². The average molecular weight is 741 g/mol. The highest BCUT2D eigenvalue weighted by molar-refractivity contribution is 5.69. The van der Waals surface area contributed by atoms with Gasteiger partial charge in [-0.1, -0.05) is 6.08 Å². The van der Waals surface area contributed by atoms with Crippen LogP contribution in [0.2, 0.25) is 0 Å². The van der Waals surface area contributed by atoms with E-state index in [2.05, 4.69) is 6.58 Å². The number of nitro benzene ring substituents is 1. The van der Waals surface area contributed by atoms with E-state index in [9.17, 15) is 89.5 Å². The molecule has 1 rings (SSSR count). The number of esters is 1. The van der Waals surface area contributed by atoms with E-state index in [0.29, 0.717) is 6.07 Å². The highest BCUT2D eigenvalue weighted by Gasteiger charge is 2.95. The lowest BCUT2D eigenvalue weighted by Crippen LogP contribution is -2.74. The summed E-state index contributed by atoms with van der Waals surface area (Å²) >= 11 is 0. The Bertz CT molecular complexity index is 1330. The molecule has 0 amide bonds. The minimum absolute atomic E-state index is 0.172. The van der Waals surface area contributed by atoms with Gasteiger partial charge in [-0.05, 0) is 18.9 Å². The maximum absolute atomic E-state index is 14.1. The Morgan fingerprint density at radius 1 is 0.792 bits per heavy atom. The van der Waals surface area contributed by atoms with Gasteiger partial charge in [-0.25, -0.2) is 0 Å². The second-order valence-electron chi connectivity index (χ2n) is 9.48. The third-order valence-corrected chi connectivity index (χ3v) is 6.18. The van der Waals surface area contributed by atoms with Crippen LogP contribution in [0.1, 0.15) is 31.2 Å². The normalized spacial score (nSPS) is 14.0. The van der Waals surface area contributed by atoms with E-state index in [4.69, 9.17) is 14.2 Å². The van der Waals surface area contributed by atoms with Crippen molar-refractivity contribution in [2.45, 2.75) is 79.9 Å². The Morgan fingerprint density at radius 3 is 1.71 bits per heavy atom. The van der Waals surface area contributed by atoms with Crippen LogP contribution in [0.15, 0.2) is 24.8 Å². The number of hydrogen-bond acceptors (Lipinski definition) is 6. The molecule has 7 nitrogen and oxygen atoms in total. The Kier molecular flexibility index (Phi) is 12.3. The first-order chi connectivity index (χ1) is 21.4. The molecule has 1 aromatic carbocycles. The first-order valence-corrected chi connectivity index (χ1v) is 12.4. The van der Waals surface area contributed by atoms with E-state index in [-0.39, 0.29) is 18.4 Å². The maximum Gasteiger partial charge on any atom is 0.460 e. The van der Waals surface area contributed by atoms with Gasteiger partial charge < -0.3 is 14.2 Å². The molecule has 0 saturated heterocycles. The summed E-state index contributed by atoms with van der Waals surface area (Å²) in [6, 6.07) is 1.34.